The summed E-state index contributed by atoms with van der Waals surface area (Å²) in [6.07, 6.45) is 5.00. The maximum atomic E-state index is 13.4. The predicted octanol–water partition coefficient (Wildman–Crippen LogP) is 2.95. The molecule has 0 saturated heterocycles. The number of nitrogens with zero attached hydrogens (tertiary/aromatic N) is 2. The van der Waals surface area contributed by atoms with Gasteiger partial charge in [0.25, 0.3) is 0 Å². The third-order valence-electron chi connectivity index (χ3n) is 3.22. The first-order valence-electron chi connectivity index (χ1n) is 7.11. The lowest BCUT2D eigenvalue weighted by atomic mass is 10.1. The Labute approximate surface area is 123 Å². The van der Waals surface area contributed by atoms with Crippen molar-refractivity contribution in [2.75, 3.05) is 13.7 Å². The number of nitrogens with two attached hydrogens (primary N) is 1. The molecule has 1 heterocycles. The Balaban J connectivity index is 1.96. The van der Waals surface area contributed by atoms with Gasteiger partial charge in [0, 0.05) is 12.0 Å². The molecule has 0 unspecified atom stereocenters. The van der Waals surface area contributed by atoms with Gasteiger partial charge in [-0.05, 0) is 37.6 Å². The lowest BCUT2D eigenvalue weighted by molar-refractivity contribution is 0.373. The Morgan fingerprint density at radius 3 is 2.81 bits per heavy atom. The van der Waals surface area contributed by atoms with Crippen LogP contribution in [0.25, 0.3) is 11.4 Å². The molecule has 6 heteroatoms. The minimum absolute atomic E-state index is 0.167. The van der Waals surface area contributed by atoms with E-state index in [9.17, 15) is 4.39 Å². The van der Waals surface area contributed by atoms with Crippen molar-refractivity contribution in [2.45, 2.75) is 32.1 Å². The van der Waals surface area contributed by atoms with Crippen molar-refractivity contribution < 1.29 is 13.7 Å². The highest BCUT2D eigenvalue weighted by Gasteiger charge is 2.11. The van der Waals surface area contributed by atoms with Crippen LogP contribution in [-0.4, -0.2) is 23.8 Å². The molecular weight excluding hydrogens is 273 g/mol. The highest BCUT2D eigenvalue weighted by atomic mass is 19.1. The smallest absolute Gasteiger partial charge is 0.226 e. The van der Waals surface area contributed by atoms with Crippen molar-refractivity contribution in [2.24, 2.45) is 5.73 Å². The minimum atomic E-state index is -0.412. The molecule has 0 bridgehead atoms. The molecule has 2 rings (SSSR count). The molecule has 0 atom stereocenters. The number of aromatic nitrogens is 2. The number of rotatable bonds is 8. The van der Waals surface area contributed by atoms with E-state index in [0.29, 0.717) is 17.3 Å². The molecule has 0 fully saturated rings. The summed E-state index contributed by atoms with van der Waals surface area (Å²) in [6, 6.07) is 4.50. The maximum absolute atomic E-state index is 13.4. The van der Waals surface area contributed by atoms with Crippen molar-refractivity contribution in [3.8, 4) is 17.1 Å². The first kappa shape index (κ1) is 15.4. The average Bonchev–Trinajstić information content (AvgIpc) is 2.96. The summed E-state index contributed by atoms with van der Waals surface area (Å²) in [7, 11) is 1.42. The summed E-state index contributed by atoms with van der Waals surface area (Å²) in [5.41, 5.74) is 6.12. The van der Waals surface area contributed by atoms with E-state index < -0.39 is 5.82 Å². The van der Waals surface area contributed by atoms with Gasteiger partial charge in [0.2, 0.25) is 11.7 Å². The third kappa shape index (κ3) is 4.26. The van der Waals surface area contributed by atoms with Crippen LogP contribution in [0.5, 0.6) is 5.75 Å². The van der Waals surface area contributed by atoms with Crippen LogP contribution < -0.4 is 10.5 Å². The first-order chi connectivity index (χ1) is 10.2. The zero-order valence-corrected chi connectivity index (χ0v) is 12.1. The zero-order chi connectivity index (χ0) is 15.1. The van der Waals surface area contributed by atoms with Gasteiger partial charge in [-0.25, -0.2) is 4.39 Å². The molecule has 0 amide bonds. The molecule has 114 valence electrons. The van der Waals surface area contributed by atoms with E-state index in [1.807, 2.05) is 0 Å². The molecule has 21 heavy (non-hydrogen) atoms. The lowest BCUT2D eigenvalue weighted by Gasteiger charge is -2.02. The zero-order valence-electron chi connectivity index (χ0n) is 12.1. The molecular formula is C15H20FN3O2. The summed E-state index contributed by atoms with van der Waals surface area (Å²) in [4.78, 5) is 4.32. The Bertz CT molecular complexity index is 572. The van der Waals surface area contributed by atoms with Gasteiger partial charge in [-0.15, -0.1) is 0 Å². The molecule has 0 aliphatic heterocycles. The fourth-order valence-electron chi connectivity index (χ4n) is 2.05. The first-order valence-corrected chi connectivity index (χ1v) is 7.11. The van der Waals surface area contributed by atoms with Crippen molar-refractivity contribution in [1.82, 2.24) is 10.1 Å². The summed E-state index contributed by atoms with van der Waals surface area (Å²) in [5, 5.41) is 3.92. The Hall–Kier alpha value is -1.95. The minimum Gasteiger partial charge on any atom is -0.494 e. The van der Waals surface area contributed by atoms with Gasteiger partial charge in [-0.3, -0.25) is 0 Å². The second-order valence-corrected chi connectivity index (χ2v) is 4.81. The average molecular weight is 293 g/mol. The second-order valence-electron chi connectivity index (χ2n) is 4.81. The molecule has 0 spiro atoms. The lowest BCUT2D eigenvalue weighted by Crippen LogP contribution is -1.97. The number of hydrogen-bond donors (Lipinski definition) is 1. The SMILES string of the molecule is COc1cc(-c2noc(CCCCCCN)n2)ccc1F. The van der Waals surface area contributed by atoms with Gasteiger partial charge in [0.15, 0.2) is 11.6 Å². The van der Waals surface area contributed by atoms with Crippen molar-refractivity contribution in [3.63, 3.8) is 0 Å². The number of benzene rings is 1. The topological polar surface area (TPSA) is 74.2 Å². The van der Waals surface area contributed by atoms with Crippen molar-refractivity contribution in [3.05, 3.63) is 29.9 Å². The predicted molar refractivity (Wildman–Crippen MR) is 77.5 cm³/mol. The van der Waals surface area contributed by atoms with E-state index in [4.69, 9.17) is 15.0 Å². The number of ether oxygens (including phenoxy) is 1. The van der Waals surface area contributed by atoms with Gasteiger partial charge in [0.1, 0.15) is 0 Å². The largest absolute Gasteiger partial charge is 0.494 e. The fraction of sp³-hybridized carbons (Fsp3) is 0.467. The molecule has 1 aromatic heterocycles. The molecule has 0 radical (unpaired) electrons. The Kier molecular flexibility index (Phi) is 5.68. The number of unbranched alkanes of at least 4 members (excludes halogenated alkanes) is 3. The number of aryl methyl sites for hydroxylation is 1. The molecule has 2 N–H and O–H groups in total. The van der Waals surface area contributed by atoms with Gasteiger partial charge >= 0.3 is 0 Å². The van der Waals surface area contributed by atoms with Crippen LogP contribution in [0.15, 0.2) is 22.7 Å². The summed E-state index contributed by atoms with van der Waals surface area (Å²) in [6.45, 7) is 0.733. The van der Waals surface area contributed by atoms with Crippen molar-refractivity contribution in [1.29, 1.82) is 0 Å². The van der Waals surface area contributed by atoms with Crippen LogP contribution in [0.2, 0.25) is 0 Å². The Morgan fingerprint density at radius 2 is 2.05 bits per heavy atom. The molecule has 0 saturated carbocycles. The Morgan fingerprint density at radius 1 is 1.24 bits per heavy atom. The highest BCUT2D eigenvalue weighted by Crippen LogP contribution is 2.24. The summed E-state index contributed by atoms with van der Waals surface area (Å²) >= 11 is 0. The molecule has 0 aliphatic carbocycles. The van der Waals surface area contributed by atoms with Crippen molar-refractivity contribution >= 4 is 0 Å². The summed E-state index contributed by atoms with van der Waals surface area (Å²) < 4.78 is 23.5. The van der Waals surface area contributed by atoms with Crippen LogP contribution in [0.3, 0.4) is 0 Å². The van der Waals surface area contributed by atoms with E-state index in [-0.39, 0.29) is 5.75 Å². The monoisotopic (exact) mass is 293 g/mol. The van der Waals surface area contributed by atoms with E-state index >= 15 is 0 Å². The number of hydrogen-bond acceptors (Lipinski definition) is 5. The van der Waals surface area contributed by atoms with Crippen LogP contribution in [0.4, 0.5) is 4.39 Å². The number of methoxy groups -OCH3 is 1. The third-order valence-corrected chi connectivity index (χ3v) is 3.22. The molecule has 2 aromatic rings. The molecule has 1 aromatic carbocycles. The van der Waals surface area contributed by atoms with Gasteiger partial charge in [-0.2, -0.15) is 4.98 Å². The fourth-order valence-corrected chi connectivity index (χ4v) is 2.05. The summed E-state index contributed by atoms with van der Waals surface area (Å²) in [5.74, 6) is 0.803. The van der Waals surface area contributed by atoms with Gasteiger partial charge < -0.3 is 15.0 Å². The van der Waals surface area contributed by atoms with Crippen LogP contribution >= 0.6 is 0 Å². The van der Waals surface area contributed by atoms with E-state index in [2.05, 4.69) is 10.1 Å². The maximum Gasteiger partial charge on any atom is 0.226 e. The van der Waals surface area contributed by atoms with Crippen LogP contribution in [0, 0.1) is 5.82 Å². The standard InChI is InChI=1S/C15H20FN3O2/c1-20-13-10-11(7-8-12(13)16)15-18-14(21-19-15)6-4-2-3-5-9-17/h7-8,10H,2-6,9,17H2,1H3. The van der Waals surface area contributed by atoms with E-state index in [1.54, 1.807) is 12.1 Å². The quantitative estimate of drug-likeness (QED) is 0.757. The highest BCUT2D eigenvalue weighted by molar-refractivity contribution is 5.57. The number of halogens is 1. The van der Waals surface area contributed by atoms with Gasteiger partial charge in [0.05, 0.1) is 7.11 Å². The van der Waals surface area contributed by atoms with E-state index in [1.165, 1.54) is 13.2 Å². The second kappa shape index (κ2) is 7.73. The molecule has 0 aliphatic rings. The molecule has 5 nitrogen and oxygen atoms in total. The van der Waals surface area contributed by atoms with E-state index in [0.717, 1.165) is 38.6 Å². The van der Waals surface area contributed by atoms with Gasteiger partial charge in [-0.1, -0.05) is 18.0 Å². The van der Waals surface area contributed by atoms with Crippen LogP contribution in [0.1, 0.15) is 31.6 Å². The normalized spacial score (nSPS) is 10.8. The van der Waals surface area contributed by atoms with Crippen LogP contribution in [-0.2, 0) is 6.42 Å².